The van der Waals surface area contributed by atoms with Crippen LogP contribution in [0.3, 0.4) is 0 Å². The fraction of sp³-hybridized carbons (Fsp3) is 0.417. The first-order chi connectivity index (χ1) is 7.98. The van der Waals surface area contributed by atoms with E-state index in [9.17, 15) is 13.2 Å². The molecule has 5 heteroatoms. The van der Waals surface area contributed by atoms with E-state index < -0.39 is 15.1 Å². The van der Waals surface area contributed by atoms with E-state index in [0.717, 1.165) is 0 Å². The number of carbonyl (C=O) groups excluding carboxylic acids is 1. The number of rotatable bonds is 2. The average Bonchev–Trinajstić information content (AvgIpc) is 2.78. The van der Waals surface area contributed by atoms with Crippen LogP contribution in [-0.4, -0.2) is 43.8 Å². The molecule has 17 heavy (non-hydrogen) atoms. The van der Waals surface area contributed by atoms with E-state index in [-0.39, 0.29) is 5.91 Å². The standard InChI is InChI=1S/C12H15NO3S/c1-17(15,16)11-7-8-13(9-11)12(14)10-5-3-2-4-6-10/h2-6,11H,7-9H2,1H3/t11-/m1/s1. The van der Waals surface area contributed by atoms with Crippen LogP contribution in [0.15, 0.2) is 30.3 Å². The maximum atomic E-state index is 12.1. The molecule has 1 aliphatic heterocycles. The summed E-state index contributed by atoms with van der Waals surface area (Å²) in [6.45, 7) is 0.831. The van der Waals surface area contributed by atoms with Gasteiger partial charge in [-0.2, -0.15) is 0 Å². The SMILES string of the molecule is CS(=O)(=O)[C@@H]1CCN(C(=O)c2ccccc2)C1. The number of hydrogen-bond donors (Lipinski definition) is 0. The fourth-order valence-corrected chi connectivity index (χ4v) is 3.01. The number of amides is 1. The molecule has 0 unspecified atom stereocenters. The average molecular weight is 253 g/mol. The van der Waals surface area contributed by atoms with Crippen molar-refractivity contribution in [3.63, 3.8) is 0 Å². The van der Waals surface area contributed by atoms with Gasteiger partial charge in [-0.05, 0) is 18.6 Å². The van der Waals surface area contributed by atoms with Gasteiger partial charge in [0, 0.05) is 24.9 Å². The monoisotopic (exact) mass is 253 g/mol. The molecule has 0 aromatic heterocycles. The highest BCUT2D eigenvalue weighted by molar-refractivity contribution is 7.91. The molecule has 0 aliphatic carbocycles. The zero-order valence-corrected chi connectivity index (χ0v) is 10.5. The second kappa shape index (κ2) is 4.49. The number of carbonyl (C=O) groups is 1. The topological polar surface area (TPSA) is 54.5 Å². The first kappa shape index (κ1) is 12.1. The molecule has 1 heterocycles. The van der Waals surface area contributed by atoms with E-state index in [2.05, 4.69) is 0 Å². The summed E-state index contributed by atoms with van der Waals surface area (Å²) in [6.07, 6.45) is 1.77. The minimum absolute atomic E-state index is 0.0863. The highest BCUT2D eigenvalue weighted by Crippen LogP contribution is 2.18. The Bertz CT molecular complexity index is 510. The second-order valence-electron chi connectivity index (χ2n) is 4.36. The van der Waals surface area contributed by atoms with E-state index in [4.69, 9.17) is 0 Å². The van der Waals surface area contributed by atoms with Crippen molar-refractivity contribution in [3.8, 4) is 0 Å². The van der Waals surface area contributed by atoms with Crippen LogP contribution in [0.25, 0.3) is 0 Å². The van der Waals surface area contributed by atoms with Gasteiger partial charge in [-0.3, -0.25) is 4.79 Å². The Morgan fingerprint density at radius 2 is 1.94 bits per heavy atom. The summed E-state index contributed by atoms with van der Waals surface area (Å²) < 4.78 is 22.8. The lowest BCUT2D eigenvalue weighted by Crippen LogP contribution is -2.31. The lowest BCUT2D eigenvalue weighted by atomic mass is 10.2. The molecule has 0 radical (unpaired) electrons. The number of hydrogen-bond acceptors (Lipinski definition) is 3. The second-order valence-corrected chi connectivity index (χ2v) is 6.68. The summed E-state index contributed by atoms with van der Waals surface area (Å²) in [7, 11) is -3.05. The van der Waals surface area contributed by atoms with Gasteiger partial charge in [-0.25, -0.2) is 8.42 Å². The molecule has 1 fully saturated rings. The molecule has 0 bridgehead atoms. The summed E-state index contributed by atoms with van der Waals surface area (Å²) in [4.78, 5) is 13.7. The van der Waals surface area contributed by atoms with Crippen molar-refractivity contribution < 1.29 is 13.2 Å². The van der Waals surface area contributed by atoms with Gasteiger partial charge in [0.05, 0.1) is 5.25 Å². The molecule has 1 aliphatic rings. The van der Waals surface area contributed by atoms with Crippen LogP contribution in [0.2, 0.25) is 0 Å². The normalized spacial score (nSPS) is 20.5. The number of sulfone groups is 1. The maximum absolute atomic E-state index is 12.1. The molecule has 1 aromatic carbocycles. The predicted octanol–water partition coefficient (Wildman–Crippen LogP) is 0.946. The minimum Gasteiger partial charge on any atom is -0.337 e. The Labute approximate surface area is 101 Å². The molecule has 1 aromatic rings. The number of nitrogens with zero attached hydrogens (tertiary/aromatic N) is 1. The third-order valence-corrected chi connectivity index (χ3v) is 4.65. The van der Waals surface area contributed by atoms with Crippen LogP contribution in [0.4, 0.5) is 0 Å². The quantitative estimate of drug-likeness (QED) is 0.788. The van der Waals surface area contributed by atoms with Gasteiger partial charge in [0.2, 0.25) is 0 Å². The summed E-state index contributed by atoms with van der Waals surface area (Å²) in [5.41, 5.74) is 0.613. The summed E-state index contributed by atoms with van der Waals surface area (Å²) in [5, 5.41) is -0.407. The van der Waals surface area contributed by atoms with Crippen molar-refractivity contribution in [1.82, 2.24) is 4.90 Å². The molecule has 0 saturated carbocycles. The first-order valence-corrected chi connectivity index (χ1v) is 7.47. The third-order valence-electron chi connectivity index (χ3n) is 3.06. The molecular weight excluding hydrogens is 238 g/mol. The van der Waals surface area contributed by atoms with Gasteiger partial charge >= 0.3 is 0 Å². The van der Waals surface area contributed by atoms with E-state index in [1.165, 1.54) is 6.26 Å². The summed E-state index contributed by atoms with van der Waals surface area (Å²) in [5.74, 6) is -0.0863. The van der Waals surface area contributed by atoms with E-state index >= 15 is 0 Å². The molecule has 0 spiro atoms. The van der Waals surface area contributed by atoms with Crippen molar-refractivity contribution in [2.24, 2.45) is 0 Å². The van der Waals surface area contributed by atoms with Gasteiger partial charge in [0.25, 0.3) is 5.91 Å². The zero-order valence-electron chi connectivity index (χ0n) is 9.67. The molecule has 1 amide bonds. The van der Waals surface area contributed by atoms with Crippen molar-refractivity contribution in [3.05, 3.63) is 35.9 Å². The van der Waals surface area contributed by atoms with Crippen LogP contribution in [0.5, 0.6) is 0 Å². The zero-order chi connectivity index (χ0) is 12.5. The molecule has 1 atom stereocenters. The molecular formula is C12H15NO3S. The highest BCUT2D eigenvalue weighted by atomic mass is 32.2. The summed E-state index contributed by atoms with van der Waals surface area (Å²) in [6, 6.07) is 8.95. The van der Waals surface area contributed by atoms with E-state index in [1.807, 2.05) is 6.07 Å². The molecule has 2 rings (SSSR count). The van der Waals surface area contributed by atoms with Gasteiger partial charge < -0.3 is 4.90 Å². The van der Waals surface area contributed by atoms with Crippen LogP contribution in [-0.2, 0) is 9.84 Å². The Kier molecular flexibility index (Phi) is 3.19. The molecule has 92 valence electrons. The van der Waals surface area contributed by atoms with Gasteiger partial charge in [-0.15, -0.1) is 0 Å². The van der Waals surface area contributed by atoms with Gasteiger partial charge in [0.15, 0.2) is 9.84 Å². The van der Waals surface area contributed by atoms with Crippen LogP contribution < -0.4 is 0 Å². The van der Waals surface area contributed by atoms with Crippen LogP contribution in [0, 0.1) is 0 Å². The van der Waals surface area contributed by atoms with Gasteiger partial charge in [-0.1, -0.05) is 18.2 Å². The van der Waals surface area contributed by atoms with Crippen molar-refractivity contribution >= 4 is 15.7 Å². The highest BCUT2D eigenvalue weighted by Gasteiger charge is 2.32. The fourth-order valence-electron chi connectivity index (χ4n) is 2.03. The van der Waals surface area contributed by atoms with Crippen molar-refractivity contribution in [2.75, 3.05) is 19.3 Å². The first-order valence-electron chi connectivity index (χ1n) is 5.51. The Morgan fingerprint density at radius 3 is 2.47 bits per heavy atom. The maximum Gasteiger partial charge on any atom is 0.253 e. The van der Waals surface area contributed by atoms with Gasteiger partial charge in [0.1, 0.15) is 0 Å². The van der Waals surface area contributed by atoms with Crippen molar-refractivity contribution in [2.45, 2.75) is 11.7 Å². The van der Waals surface area contributed by atoms with Crippen LogP contribution >= 0.6 is 0 Å². The predicted molar refractivity (Wildman–Crippen MR) is 65.6 cm³/mol. The minimum atomic E-state index is -3.05. The Morgan fingerprint density at radius 1 is 1.29 bits per heavy atom. The number of likely N-dealkylation sites (tertiary alicyclic amines) is 1. The summed E-state index contributed by atoms with van der Waals surface area (Å²) >= 11 is 0. The Hall–Kier alpha value is -1.36. The van der Waals surface area contributed by atoms with E-state index in [0.29, 0.717) is 25.1 Å². The molecule has 1 saturated heterocycles. The van der Waals surface area contributed by atoms with Crippen molar-refractivity contribution in [1.29, 1.82) is 0 Å². The Balaban J connectivity index is 2.10. The lowest BCUT2D eigenvalue weighted by molar-refractivity contribution is 0.0793. The van der Waals surface area contributed by atoms with E-state index in [1.54, 1.807) is 29.2 Å². The largest absolute Gasteiger partial charge is 0.337 e. The molecule has 4 nitrogen and oxygen atoms in total. The smallest absolute Gasteiger partial charge is 0.253 e. The third kappa shape index (κ3) is 2.66. The number of benzene rings is 1. The molecule has 0 N–H and O–H groups in total. The lowest BCUT2D eigenvalue weighted by Gasteiger charge is -2.16. The van der Waals surface area contributed by atoms with Crippen LogP contribution in [0.1, 0.15) is 16.8 Å².